The first-order valence-corrected chi connectivity index (χ1v) is 10.8. The third kappa shape index (κ3) is 3.77. The van der Waals surface area contributed by atoms with Gasteiger partial charge in [-0.1, -0.05) is 27.7 Å². The number of ether oxygens (including phenoxy) is 3. The molecule has 1 unspecified atom stereocenters. The Balaban J connectivity index is 1.98. The number of carbonyl (C=O) groups is 1. The highest BCUT2D eigenvalue weighted by Crippen LogP contribution is 2.51. The van der Waals surface area contributed by atoms with Gasteiger partial charge in [-0.2, -0.15) is 0 Å². The van der Waals surface area contributed by atoms with E-state index in [0.29, 0.717) is 29.8 Å². The highest BCUT2D eigenvalue weighted by Gasteiger charge is 2.38. The smallest absolute Gasteiger partial charge is 0.341 e. The van der Waals surface area contributed by atoms with Gasteiger partial charge in [0.25, 0.3) is 5.56 Å². The zero-order chi connectivity index (χ0) is 22.4. The van der Waals surface area contributed by atoms with E-state index in [2.05, 4.69) is 13.8 Å². The molecule has 1 fully saturated rings. The first kappa shape index (κ1) is 21.3. The van der Waals surface area contributed by atoms with E-state index >= 15 is 0 Å². The summed E-state index contributed by atoms with van der Waals surface area (Å²) in [6.45, 7) is 8.72. The van der Waals surface area contributed by atoms with Crippen molar-refractivity contribution < 1.29 is 24.1 Å². The fourth-order valence-corrected chi connectivity index (χ4v) is 4.04. The summed E-state index contributed by atoms with van der Waals surface area (Å²) in [7, 11) is 1.58. The number of nitrogens with zero attached hydrogens (tertiary/aromatic N) is 1. The number of fused-ring (bicyclic) bond motifs is 3. The molecule has 1 aliphatic carbocycles. The molecule has 1 N–H and O–H groups in total. The number of methoxy groups -OCH3 is 1. The topological polar surface area (TPSA) is 87.0 Å². The number of carboxylic acids is 1. The summed E-state index contributed by atoms with van der Waals surface area (Å²) >= 11 is 0. The molecule has 31 heavy (non-hydrogen) atoms. The molecular formula is C24H29NO6. The van der Waals surface area contributed by atoms with Gasteiger partial charge in [-0.3, -0.25) is 4.79 Å². The number of pyridine rings is 1. The maximum Gasteiger partial charge on any atom is 0.341 e. The zero-order valence-electron chi connectivity index (χ0n) is 18.6. The summed E-state index contributed by atoms with van der Waals surface area (Å²) in [5.74, 6) is 0.951. The van der Waals surface area contributed by atoms with Gasteiger partial charge in [-0.25, -0.2) is 4.79 Å². The predicted octanol–water partition coefficient (Wildman–Crippen LogP) is 4.68. The van der Waals surface area contributed by atoms with E-state index in [1.54, 1.807) is 11.7 Å². The molecule has 0 radical (unpaired) electrons. The van der Waals surface area contributed by atoms with Gasteiger partial charge in [0.1, 0.15) is 17.4 Å². The van der Waals surface area contributed by atoms with E-state index in [1.165, 1.54) is 6.07 Å². The predicted molar refractivity (Wildman–Crippen MR) is 116 cm³/mol. The van der Waals surface area contributed by atoms with Crippen LogP contribution in [0.4, 0.5) is 0 Å². The molecule has 1 atom stereocenters. The van der Waals surface area contributed by atoms with Crippen molar-refractivity contribution in [3.63, 3.8) is 0 Å². The number of hydrogen-bond donors (Lipinski definition) is 1. The van der Waals surface area contributed by atoms with Crippen molar-refractivity contribution in [2.75, 3.05) is 13.7 Å². The van der Waals surface area contributed by atoms with Gasteiger partial charge in [0, 0.05) is 23.2 Å². The average molecular weight is 427 g/mol. The minimum Gasteiger partial charge on any atom is -0.493 e. The number of hydrogen-bond acceptors (Lipinski definition) is 5. The molecule has 166 valence electrons. The van der Waals surface area contributed by atoms with Crippen molar-refractivity contribution in [3.05, 3.63) is 39.7 Å². The zero-order valence-corrected chi connectivity index (χ0v) is 18.6. The minimum absolute atomic E-state index is 0.00201. The van der Waals surface area contributed by atoms with Crippen LogP contribution in [-0.2, 0) is 0 Å². The SMILES string of the molecule is COc1cc2c(cc1OCC(C)C)OC(C(C)C)c1cc(C(=O)O)c(=O)n(C3CC3)c1-2. The summed E-state index contributed by atoms with van der Waals surface area (Å²) in [6, 6.07) is 5.14. The van der Waals surface area contributed by atoms with Gasteiger partial charge >= 0.3 is 5.97 Å². The van der Waals surface area contributed by atoms with E-state index in [4.69, 9.17) is 14.2 Å². The summed E-state index contributed by atoms with van der Waals surface area (Å²) in [5.41, 5.74) is 1.49. The second kappa shape index (κ2) is 7.94. The second-order valence-electron chi connectivity index (χ2n) is 9.06. The van der Waals surface area contributed by atoms with Crippen LogP contribution in [0.15, 0.2) is 23.0 Å². The molecule has 2 heterocycles. The molecule has 7 heteroatoms. The van der Waals surface area contributed by atoms with Crippen LogP contribution in [-0.4, -0.2) is 29.4 Å². The molecule has 0 spiro atoms. The molecule has 4 rings (SSSR count). The molecule has 1 aromatic carbocycles. The quantitative estimate of drug-likeness (QED) is 0.690. The monoisotopic (exact) mass is 427 g/mol. The van der Waals surface area contributed by atoms with E-state index in [9.17, 15) is 14.7 Å². The van der Waals surface area contributed by atoms with Crippen LogP contribution in [0.1, 0.15) is 68.6 Å². The van der Waals surface area contributed by atoms with Crippen LogP contribution < -0.4 is 19.8 Å². The fraction of sp³-hybridized carbons (Fsp3) is 0.500. The first-order valence-electron chi connectivity index (χ1n) is 10.8. The van der Waals surface area contributed by atoms with E-state index < -0.39 is 11.5 Å². The fourth-order valence-electron chi connectivity index (χ4n) is 4.04. The van der Waals surface area contributed by atoms with Gasteiger partial charge in [-0.15, -0.1) is 0 Å². The third-order valence-corrected chi connectivity index (χ3v) is 5.66. The normalized spacial score (nSPS) is 17.2. The number of aromatic nitrogens is 1. The lowest BCUT2D eigenvalue weighted by molar-refractivity contribution is 0.0693. The van der Waals surface area contributed by atoms with E-state index in [1.807, 2.05) is 26.0 Å². The summed E-state index contributed by atoms with van der Waals surface area (Å²) in [6.07, 6.45) is 1.33. The molecule has 2 aromatic rings. The van der Waals surface area contributed by atoms with Crippen LogP contribution >= 0.6 is 0 Å². The maximum absolute atomic E-state index is 13.1. The molecular weight excluding hydrogens is 398 g/mol. The minimum atomic E-state index is -1.22. The highest BCUT2D eigenvalue weighted by atomic mass is 16.5. The van der Waals surface area contributed by atoms with Gasteiger partial charge in [-0.05, 0) is 36.8 Å². The van der Waals surface area contributed by atoms with Gasteiger partial charge in [0.05, 0.1) is 19.4 Å². The Morgan fingerprint density at radius 2 is 1.90 bits per heavy atom. The Labute approximate surface area is 181 Å². The van der Waals surface area contributed by atoms with Crippen molar-refractivity contribution in [2.24, 2.45) is 11.8 Å². The number of benzene rings is 1. The van der Waals surface area contributed by atoms with Gasteiger partial charge in [0.2, 0.25) is 0 Å². The van der Waals surface area contributed by atoms with Crippen LogP contribution in [0.2, 0.25) is 0 Å². The number of aromatic carboxylic acids is 1. The Kier molecular flexibility index (Phi) is 5.45. The molecule has 0 saturated heterocycles. The largest absolute Gasteiger partial charge is 0.493 e. The summed E-state index contributed by atoms with van der Waals surface area (Å²) in [4.78, 5) is 24.9. The Morgan fingerprint density at radius 1 is 1.19 bits per heavy atom. The van der Waals surface area contributed by atoms with Crippen LogP contribution in [0.25, 0.3) is 11.3 Å². The molecule has 0 amide bonds. The molecule has 0 bridgehead atoms. The lowest BCUT2D eigenvalue weighted by Crippen LogP contribution is -2.32. The van der Waals surface area contributed by atoms with Crippen molar-refractivity contribution in [1.82, 2.24) is 4.57 Å². The lowest BCUT2D eigenvalue weighted by Gasteiger charge is -2.33. The van der Waals surface area contributed by atoms with Crippen LogP contribution in [0, 0.1) is 11.8 Å². The lowest BCUT2D eigenvalue weighted by atomic mass is 9.89. The summed E-state index contributed by atoms with van der Waals surface area (Å²) < 4.78 is 19.5. The molecule has 1 saturated carbocycles. The first-order chi connectivity index (χ1) is 14.7. The maximum atomic E-state index is 13.1. The summed E-state index contributed by atoms with van der Waals surface area (Å²) in [5, 5.41) is 9.65. The van der Waals surface area contributed by atoms with Crippen molar-refractivity contribution >= 4 is 5.97 Å². The Hall–Kier alpha value is -2.96. The Bertz CT molecular complexity index is 1080. The molecule has 1 aliphatic heterocycles. The third-order valence-electron chi connectivity index (χ3n) is 5.66. The molecule has 2 aliphatic rings. The van der Waals surface area contributed by atoms with Gasteiger partial charge < -0.3 is 23.9 Å². The standard InChI is InChI=1S/C24H29NO6/c1-12(2)11-30-20-10-18-15(9-19(20)29-5)21-16(22(31-18)13(3)4)8-17(24(27)28)23(26)25(21)14-6-7-14/h8-10,12-14,22H,6-7,11H2,1-5H3,(H,27,28). The van der Waals surface area contributed by atoms with Crippen LogP contribution in [0.5, 0.6) is 17.2 Å². The van der Waals surface area contributed by atoms with E-state index in [0.717, 1.165) is 29.7 Å². The van der Waals surface area contributed by atoms with Crippen molar-refractivity contribution in [1.29, 1.82) is 0 Å². The van der Waals surface area contributed by atoms with Crippen LogP contribution in [0.3, 0.4) is 0 Å². The molecule has 1 aromatic heterocycles. The highest BCUT2D eigenvalue weighted by molar-refractivity contribution is 5.89. The average Bonchev–Trinajstić information content (AvgIpc) is 3.55. The molecule has 7 nitrogen and oxygen atoms in total. The number of rotatable bonds is 7. The van der Waals surface area contributed by atoms with Crippen molar-refractivity contribution in [2.45, 2.75) is 52.7 Å². The second-order valence-corrected chi connectivity index (χ2v) is 9.06. The number of carboxylic acid groups (broad SMARTS) is 1. The Morgan fingerprint density at radius 3 is 2.45 bits per heavy atom. The van der Waals surface area contributed by atoms with Gasteiger partial charge in [0.15, 0.2) is 11.5 Å². The van der Waals surface area contributed by atoms with E-state index in [-0.39, 0.29) is 23.6 Å². The van der Waals surface area contributed by atoms with Crippen molar-refractivity contribution in [3.8, 4) is 28.5 Å².